The second-order valence-electron chi connectivity index (χ2n) is 5.95. The summed E-state index contributed by atoms with van der Waals surface area (Å²) in [5, 5.41) is 7.79. The highest BCUT2D eigenvalue weighted by molar-refractivity contribution is 6.33. The molecule has 26 heavy (non-hydrogen) atoms. The van der Waals surface area contributed by atoms with Gasteiger partial charge < -0.3 is 19.3 Å². The van der Waals surface area contributed by atoms with Crippen molar-refractivity contribution in [3.8, 4) is 11.5 Å². The van der Waals surface area contributed by atoms with Crippen LogP contribution in [0.5, 0.6) is 11.5 Å². The van der Waals surface area contributed by atoms with Crippen LogP contribution >= 0.6 is 11.6 Å². The van der Waals surface area contributed by atoms with Crippen LogP contribution in [-0.4, -0.2) is 23.4 Å². The van der Waals surface area contributed by atoms with Crippen molar-refractivity contribution in [1.82, 2.24) is 10.1 Å². The molecule has 0 fully saturated rings. The normalized spacial score (nSPS) is 13.3. The molecule has 1 aliphatic rings. The Labute approximate surface area is 156 Å². The smallest absolute Gasteiger partial charge is 0.245 e. The highest BCUT2D eigenvalue weighted by atomic mass is 35.5. The van der Waals surface area contributed by atoms with Crippen LogP contribution in [0.25, 0.3) is 0 Å². The van der Waals surface area contributed by atoms with Gasteiger partial charge >= 0.3 is 0 Å². The van der Waals surface area contributed by atoms with Crippen molar-refractivity contribution >= 4 is 17.3 Å². The molecule has 0 spiro atoms. The molecule has 7 heteroatoms. The summed E-state index contributed by atoms with van der Waals surface area (Å²) in [6.45, 7) is 1.63. The number of aromatic nitrogens is 2. The first-order chi connectivity index (χ1) is 12.8. The van der Waals surface area contributed by atoms with Crippen LogP contribution in [0.4, 0.5) is 5.69 Å². The van der Waals surface area contributed by atoms with Gasteiger partial charge in [-0.25, -0.2) is 0 Å². The highest BCUT2D eigenvalue weighted by Gasteiger charge is 2.15. The zero-order valence-electron chi connectivity index (χ0n) is 14.1. The van der Waals surface area contributed by atoms with E-state index >= 15 is 0 Å². The predicted octanol–water partition coefficient (Wildman–Crippen LogP) is 4.09. The number of ether oxygens (including phenoxy) is 2. The Hall–Kier alpha value is -2.73. The van der Waals surface area contributed by atoms with Crippen molar-refractivity contribution in [1.29, 1.82) is 0 Å². The highest BCUT2D eigenvalue weighted by Crippen LogP contribution is 2.37. The predicted molar refractivity (Wildman–Crippen MR) is 97.9 cm³/mol. The van der Waals surface area contributed by atoms with Crippen molar-refractivity contribution in [3.05, 3.63) is 64.8 Å². The van der Waals surface area contributed by atoms with Crippen LogP contribution in [-0.2, 0) is 13.0 Å². The monoisotopic (exact) mass is 371 g/mol. The fraction of sp³-hybridized carbons (Fsp3) is 0.263. The van der Waals surface area contributed by atoms with E-state index in [1.165, 1.54) is 0 Å². The molecular formula is C19H18ClN3O3. The molecule has 0 bridgehead atoms. The number of hydrogen-bond acceptors (Lipinski definition) is 6. The summed E-state index contributed by atoms with van der Waals surface area (Å²) < 4.78 is 16.6. The summed E-state index contributed by atoms with van der Waals surface area (Å²) in [7, 11) is 0. The Bertz CT molecular complexity index is 883. The maximum Gasteiger partial charge on any atom is 0.245 e. The average molecular weight is 372 g/mol. The number of anilines is 1. The Morgan fingerprint density at radius 2 is 1.81 bits per heavy atom. The second-order valence-corrected chi connectivity index (χ2v) is 6.36. The summed E-state index contributed by atoms with van der Waals surface area (Å²) in [4.78, 5) is 4.41. The van der Waals surface area contributed by atoms with E-state index in [4.69, 9.17) is 25.6 Å². The van der Waals surface area contributed by atoms with Gasteiger partial charge in [0.2, 0.25) is 5.89 Å². The molecular weight excluding hydrogens is 354 g/mol. The topological polar surface area (TPSA) is 69.4 Å². The third-order valence-electron chi connectivity index (χ3n) is 3.98. The van der Waals surface area contributed by atoms with Crippen LogP contribution in [0.3, 0.4) is 0 Å². The summed E-state index contributed by atoms with van der Waals surface area (Å²) in [6, 6.07) is 13.6. The average Bonchev–Trinajstić information content (AvgIpc) is 2.97. The standard InChI is InChI=1S/C19H18ClN3O3/c20-14-10-16-17(25-8-4-7-24-16)11-15(14)21-12-19-22-18(23-26-19)9-13-5-2-1-3-6-13/h1-3,5-6,10-11,21H,4,7-9,12H2. The van der Waals surface area contributed by atoms with Gasteiger partial charge in [-0.2, -0.15) is 4.98 Å². The molecule has 0 amide bonds. The minimum atomic E-state index is 0.376. The summed E-state index contributed by atoms with van der Waals surface area (Å²) in [5.74, 6) is 2.50. The largest absolute Gasteiger partial charge is 0.490 e. The molecule has 0 saturated heterocycles. The van der Waals surface area contributed by atoms with Gasteiger partial charge in [0.15, 0.2) is 17.3 Å². The van der Waals surface area contributed by atoms with Crippen LogP contribution in [0.1, 0.15) is 23.7 Å². The Balaban J connectivity index is 1.42. The zero-order valence-corrected chi connectivity index (χ0v) is 14.8. The third kappa shape index (κ3) is 3.91. The van der Waals surface area contributed by atoms with E-state index in [1.807, 2.05) is 36.4 Å². The van der Waals surface area contributed by atoms with Crippen molar-refractivity contribution in [3.63, 3.8) is 0 Å². The lowest BCUT2D eigenvalue weighted by Crippen LogP contribution is -2.02. The van der Waals surface area contributed by atoms with Gasteiger partial charge in [0.05, 0.1) is 30.5 Å². The fourth-order valence-corrected chi connectivity index (χ4v) is 2.92. The van der Waals surface area contributed by atoms with Gasteiger partial charge in [0.25, 0.3) is 0 Å². The molecule has 2 heterocycles. The number of fused-ring (bicyclic) bond motifs is 1. The van der Waals surface area contributed by atoms with Gasteiger partial charge in [0.1, 0.15) is 0 Å². The van der Waals surface area contributed by atoms with E-state index in [-0.39, 0.29) is 0 Å². The fourth-order valence-electron chi connectivity index (χ4n) is 2.70. The maximum atomic E-state index is 6.33. The second kappa shape index (κ2) is 7.66. The quantitative estimate of drug-likeness (QED) is 0.728. The van der Waals surface area contributed by atoms with Crippen LogP contribution in [0, 0.1) is 0 Å². The number of benzene rings is 2. The van der Waals surface area contributed by atoms with E-state index in [0.717, 1.165) is 17.7 Å². The minimum absolute atomic E-state index is 0.376. The maximum absolute atomic E-state index is 6.33. The lowest BCUT2D eigenvalue weighted by Gasteiger charge is -2.12. The van der Waals surface area contributed by atoms with E-state index in [1.54, 1.807) is 6.07 Å². The Kier molecular flexibility index (Phi) is 4.93. The molecule has 3 aromatic rings. The van der Waals surface area contributed by atoms with E-state index < -0.39 is 0 Å². The first-order valence-corrected chi connectivity index (χ1v) is 8.84. The van der Waals surface area contributed by atoms with Crippen molar-refractivity contribution < 1.29 is 14.0 Å². The number of hydrogen-bond donors (Lipinski definition) is 1. The number of nitrogens with one attached hydrogen (secondary N) is 1. The molecule has 1 aromatic heterocycles. The SMILES string of the molecule is Clc1cc2c(cc1NCc1nc(Cc3ccccc3)no1)OCCCO2. The lowest BCUT2D eigenvalue weighted by molar-refractivity contribution is 0.297. The van der Waals surface area contributed by atoms with Crippen LogP contribution in [0.15, 0.2) is 47.0 Å². The van der Waals surface area contributed by atoms with Gasteiger partial charge in [-0.15, -0.1) is 0 Å². The molecule has 1 aliphatic heterocycles. The van der Waals surface area contributed by atoms with Crippen LogP contribution in [0.2, 0.25) is 5.02 Å². The molecule has 0 atom stereocenters. The molecule has 0 saturated carbocycles. The molecule has 6 nitrogen and oxygen atoms in total. The van der Waals surface area contributed by atoms with Crippen molar-refractivity contribution in [2.24, 2.45) is 0 Å². The summed E-state index contributed by atoms with van der Waals surface area (Å²) >= 11 is 6.33. The molecule has 0 aliphatic carbocycles. The molecule has 134 valence electrons. The molecule has 2 aromatic carbocycles. The first kappa shape index (κ1) is 16.7. The number of halogens is 1. The van der Waals surface area contributed by atoms with E-state index in [2.05, 4.69) is 15.5 Å². The van der Waals surface area contributed by atoms with Gasteiger partial charge in [0, 0.05) is 25.0 Å². The Morgan fingerprint density at radius 1 is 1.04 bits per heavy atom. The van der Waals surface area contributed by atoms with Crippen molar-refractivity contribution in [2.45, 2.75) is 19.4 Å². The molecule has 0 radical (unpaired) electrons. The first-order valence-electron chi connectivity index (χ1n) is 8.46. The van der Waals surface area contributed by atoms with E-state index in [0.29, 0.717) is 54.4 Å². The minimum Gasteiger partial charge on any atom is -0.490 e. The number of nitrogens with zero attached hydrogens (tertiary/aromatic N) is 2. The van der Waals surface area contributed by atoms with Gasteiger partial charge in [-0.3, -0.25) is 0 Å². The van der Waals surface area contributed by atoms with Crippen LogP contribution < -0.4 is 14.8 Å². The van der Waals surface area contributed by atoms with E-state index in [9.17, 15) is 0 Å². The molecule has 4 rings (SSSR count). The zero-order chi connectivity index (χ0) is 17.8. The third-order valence-corrected chi connectivity index (χ3v) is 4.30. The van der Waals surface area contributed by atoms with Crippen molar-refractivity contribution in [2.75, 3.05) is 18.5 Å². The summed E-state index contributed by atoms with van der Waals surface area (Å²) in [5.41, 5.74) is 1.87. The summed E-state index contributed by atoms with van der Waals surface area (Å²) in [6.07, 6.45) is 1.48. The number of rotatable bonds is 5. The molecule has 0 unspecified atom stereocenters. The molecule has 1 N–H and O–H groups in total. The Morgan fingerprint density at radius 3 is 2.62 bits per heavy atom. The van der Waals surface area contributed by atoms with Gasteiger partial charge in [-0.1, -0.05) is 47.1 Å². The lowest BCUT2D eigenvalue weighted by atomic mass is 10.1. The van der Waals surface area contributed by atoms with Gasteiger partial charge in [-0.05, 0) is 5.56 Å².